The molecule has 6 heteroatoms. The SMILES string of the molecule is CCc1cc(CC(=O)OC)ccc1Nc1cc2c(cn1)ncn2C. The molecule has 24 heavy (non-hydrogen) atoms. The van der Waals surface area contributed by atoms with Crippen LogP contribution in [0.5, 0.6) is 0 Å². The molecule has 2 heterocycles. The summed E-state index contributed by atoms with van der Waals surface area (Å²) in [7, 11) is 3.36. The van der Waals surface area contributed by atoms with Gasteiger partial charge in [0.25, 0.3) is 0 Å². The van der Waals surface area contributed by atoms with Crippen LogP contribution < -0.4 is 5.32 Å². The van der Waals surface area contributed by atoms with E-state index >= 15 is 0 Å². The van der Waals surface area contributed by atoms with Crippen LogP contribution in [-0.2, 0) is 29.4 Å². The Morgan fingerprint density at radius 3 is 2.88 bits per heavy atom. The Morgan fingerprint density at radius 2 is 2.12 bits per heavy atom. The molecule has 3 rings (SSSR count). The highest BCUT2D eigenvalue weighted by atomic mass is 16.5. The Hall–Kier alpha value is -2.89. The molecule has 0 bridgehead atoms. The minimum Gasteiger partial charge on any atom is -0.469 e. The molecule has 0 aliphatic rings. The monoisotopic (exact) mass is 324 g/mol. The van der Waals surface area contributed by atoms with Gasteiger partial charge in [0, 0.05) is 18.8 Å². The van der Waals surface area contributed by atoms with Gasteiger partial charge < -0.3 is 14.6 Å². The maximum Gasteiger partial charge on any atom is 0.309 e. The summed E-state index contributed by atoms with van der Waals surface area (Å²) in [5.41, 5.74) is 4.95. The molecule has 0 spiro atoms. The lowest BCUT2D eigenvalue weighted by atomic mass is 10.0. The van der Waals surface area contributed by atoms with E-state index in [1.54, 1.807) is 12.5 Å². The third-order valence-electron chi connectivity index (χ3n) is 4.00. The lowest BCUT2D eigenvalue weighted by Gasteiger charge is -2.12. The number of rotatable bonds is 5. The van der Waals surface area contributed by atoms with Gasteiger partial charge in [-0.25, -0.2) is 9.97 Å². The van der Waals surface area contributed by atoms with E-state index in [4.69, 9.17) is 4.74 Å². The summed E-state index contributed by atoms with van der Waals surface area (Å²) in [6.07, 6.45) is 4.67. The number of hydrogen-bond donors (Lipinski definition) is 1. The van der Waals surface area contributed by atoms with Crippen molar-refractivity contribution in [2.24, 2.45) is 7.05 Å². The quantitative estimate of drug-likeness (QED) is 0.731. The van der Waals surface area contributed by atoms with Crippen LogP contribution in [-0.4, -0.2) is 27.6 Å². The summed E-state index contributed by atoms with van der Waals surface area (Å²) in [5.74, 6) is 0.530. The zero-order chi connectivity index (χ0) is 17.1. The number of fused-ring (bicyclic) bond motifs is 1. The zero-order valence-corrected chi connectivity index (χ0v) is 14.0. The fraction of sp³-hybridized carbons (Fsp3) is 0.278. The van der Waals surface area contributed by atoms with Gasteiger partial charge in [-0.05, 0) is 23.6 Å². The van der Waals surface area contributed by atoms with E-state index in [0.29, 0.717) is 0 Å². The molecular weight excluding hydrogens is 304 g/mol. The number of aryl methyl sites for hydroxylation is 2. The fourth-order valence-corrected chi connectivity index (χ4v) is 2.65. The van der Waals surface area contributed by atoms with Crippen molar-refractivity contribution in [1.82, 2.24) is 14.5 Å². The molecule has 0 fully saturated rings. The average molecular weight is 324 g/mol. The minimum absolute atomic E-state index is 0.235. The number of pyridine rings is 1. The van der Waals surface area contributed by atoms with Gasteiger partial charge in [0.1, 0.15) is 11.3 Å². The number of hydrogen-bond acceptors (Lipinski definition) is 5. The topological polar surface area (TPSA) is 69.0 Å². The maximum atomic E-state index is 11.4. The van der Waals surface area contributed by atoms with Crippen molar-refractivity contribution < 1.29 is 9.53 Å². The van der Waals surface area contributed by atoms with Gasteiger partial charge in [-0.1, -0.05) is 19.1 Å². The maximum absolute atomic E-state index is 11.4. The third-order valence-corrected chi connectivity index (χ3v) is 4.00. The van der Waals surface area contributed by atoms with Crippen molar-refractivity contribution in [2.45, 2.75) is 19.8 Å². The fourth-order valence-electron chi connectivity index (χ4n) is 2.65. The van der Waals surface area contributed by atoms with Gasteiger partial charge in [0.15, 0.2) is 0 Å². The largest absolute Gasteiger partial charge is 0.469 e. The molecule has 1 N–H and O–H groups in total. The van der Waals surface area contributed by atoms with Gasteiger partial charge in [0.2, 0.25) is 0 Å². The van der Waals surface area contributed by atoms with E-state index in [1.165, 1.54) is 7.11 Å². The zero-order valence-electron chi connectivity index (χ0n) is 14.0. The van der Waals surface area contributed by atoms with Crippen LogP contribution >= 0.6 is 0 Å². The van der Waals surface area contributed by atoms with Crippen LogP contribution in [0.3, 0.4) is 0 Å². The number of nitrogens with one attached hydrogen (secondary N) is 1. The Morgan fingerprint density at radius 1 is 1.29 bits per heavy atom. The van der Waals surface area contributed by atoms with E-state index < -0.39 is 0 Å². The first kappa shape index (κ1) is 16.0. The number of anilines is 2. The highest BCUT2D eigenvalue weighted by Crippen LogP contribution is 2.24. The van der Waals surface area contributed by atoms with Crippen LogP contribution in [0, 0.1) is 0 Å². The predicted octanol–water partition coefficient (Wildman–Crippen LogP) is 2.99. The Kier molecular flexibility index (Phi) is 4.46. The number of ether oxygens (including phenoxy) is 1. The van der Waals surface area contributed by atoms with Crippen LogP contribution in [0.1, 0.15) is 18.1 Å². The lowest BCUT2D eigenvalue weighted by molar-refractivity contribution is -0.139. The number of nitrogens with zero attached hydrogens (tertiary/aromatic N) is 3. The molecule has 0 saturated carbocycles. The molecule has 0 amide bonds. The Bertz CT molecular complexity index is 886. The number of esters is 1. The molecule has 6 nitrogen and oxygen atoms in total. The number of carbonyl (C=O) groups is 1. The molecule has 0 saturated heterocycles. The van der Waals surface area contributed by atoms with Crippen molar-refractivity contribution in [2.75, 3.05) is 12.4 Å². The lowest BCUT2D eigenvalue weighted by Crippen LogP contribution is -2.05. The summed E-state index contributed by atoms with van der Waals surface area (Å²) < 4.78 is 6.69. The standard InChI is InChI=1S/C18H20N4O2/c1-4-13-7-12(8-18(23)24-3)5-6-14(13)21-17-9-16-15(10-19-17)20-11-22(16)2/h5-7,9-11H,4,8H2,1-3H3,(H,19,21). The number of imidazole rings is 1. The third kappa shape index (κ3) is 3.22. The smallest absolute Gasteiger partial charge is 0.309 e. The number of methoxy groups -OCH3 is 1. The molecular formula is C18H20N4O2. The van der Waals surface area contributed by atoms with E-state index in [9.17, 15) is 4.79 Å². The van der Waals surface area contributed by atoms with Crippen LogP contribution in [0.25, 0.3) is 11.0 Å². The van der Waals surface area contributed by atoms with E-state index in [-0.39, 0.29) is 12.4 Å². The van der Waals surface area contributed by atoms with Gasteiger partial charge in [-0.2, -0.15) is 0 Å². The van der Waals surface area contributed by atoms with Crippen LogP contribution in [0.15, 0.2) is 36.8 Å². The van der Waals surface area contributed by atoms with E-state index in [0.717, 1.165) is 40.1 Å². The van der Waals surface area contributed by atoms with Gasteiger partial charge in [0.05, 0.1) is 31.6 Å². The average Bonchev–Trinajstić information content (AvgIpc) is 2.97. The number of carbonyl (C=O) groups excluding carboxylic acids is 1. The molecule has 0 aliphatic heterocycles. The second-order valence-corrected chi connectivity index (χ2v) is 5.64. The highest BCUT2D eigenvalue weighted by molar-refractivity contribution is 5.79. The molecule has 0 atom stereocenters. The summed E-state index contributed by atoms with van der Waals surface area (Å²) in [6.45, 7) is 2.08. The summed E-state index contributed by atoms with van der Waals surface area (Å²) in [5, 5.41) is 3.36. The normalized spacial score (nSPS) is 10.8. The molecule has 2 aromatic heterocycles. The summed E-state index contributed by atoms with van der Waals surface area (Å²) in [6, 6.07) is 7.92. The Balaban J connectivity index is 1.87. The van der Waals surface area contributed by atoms with Crippen molar-refractivity contribution in [1.29, 1.82) is 0 Å². The van der Waals surface area contributed by atoms with Crippen molar-refractivity contribution in [3.63, 3.8) is 0 Å². The van der Waals surface area contributed by atoms with Crippen molar-refractivity contribution >= 4 is 28.5 Å². The van der Waals surface area contributed by atoms with Crippen molar-refractivity contribution in [3.05, 3.63) is 47.9 Å². The second kappa shape index (κ2) is 6.70. The van der Waals surface area contributed by atoms with Crippen LogP contribution in [0.4, 0.5) is 11.5 Å². The number of aromatic nitrogens is 3. The first-order valence-electron chi connectivity index (χ1n) is 7.83. The van der Waals surface area contributed by atoms with Gasteiger partial charge in [-0.3, -0.25) is 4.79 Å². The molecule has 0 aliphatic carbocycles. The van der Waals surface area contributed by atoms with Crippen LogP contribution in [0.2, 0.25) is 0 Å². The van der Waals surface area contributed by atoms with E-state index in [1.807, 2.05) is 35.9 Å². The minimum atomic E-state index is -0.235. The van der Waals surface area contributed by atoms with Crippen molar-refractivity contribution in [3.8, 4) is 0 Å². The second-order valence-electron chi connectivity index (χ2n) is 5.64. The first-order valence-corrected chi connectivity index (χ1v) is 7.83. The molecule has 1 aromatic carbocycles. The molecule has 3 aromatic rings. The summed E-state index contributed by atoms with van der Waals surface area (Å²) >= 11 is 0. The first-order chi connectivity index (χ1) is 11.6. The summed E-state index contributed by atoms with van der Waals surface area (Å²) in [4.78, 5) is 20.1. The number of benzene rings is 1. The van der Waals surface area contributed by atoms with Gasteiger partial charge >= 0.3 is 5.97 Å². The van der Waals surface area contributed by atoms with E-state index in [2.05, 4.69) is 22.2 Å². The van der Waals surface area contributed by atoms with Gasteiger partial charge in [-0.15, -0.1) is 0 Å². The molecule has 0 radical (unpaired) electrons. The molecule has 124 valence electrons. The highest BCUT2D eigenvalue weighted by Gasteiger charge is 2.09. The Labute approximate surface area is 140 Å². The molecule has 0 unspecified atom stereocenters. The predicted molar refractivity (Wildman–Crippen MR) is 93.3 cm³/mol.